The number of ether oxygens (including phenoxy) is 1. The molecular weight excluding hydrogens is 352 g/mol. The summed E-state index contributed by atoms with van der Waals surface area (Å²) in [7, 11) is 0. The quantitative estimate of drug-likeness (QED) is 0.419. The van der Waals surface area contributed by atoms with Crippen molar-refractivity contribution in [3.05, 3.63) is 39.9 Å². The van der Waals surface area contributed by atoms with Crippen molar-refractivity contribution < 1.29 is 19.6 Å². The van der Waals surface area contributed by atoms with Gasteiger partial charge in [0, 0.05) is 29.2 Å². The second kappa shape index (κ2) is 8.09. The number of aliphatic hydroxyl groups excluding tert-OH is 1. The van der Waals surface area contributed by atoms with Crippen LogP contribution in [0.2, 0.25) is 0 Å². The number of thiol groups is 2. The van der Waals surface area contributed by atoms with E-state index >= 15 is 0 Å². The molecule has 1 aliphatic rings. The minimum atomic E-state index is -0.665. The molecule has 0 bridgehead atoms. The number of aliphatic hydroxyl groups is 1. The molecule has 0 aromatic heterocycles. The van der Waals surface area contributed by atoms with Gasteiger partial charge >= 0.3 is 6.09 Å². The monoisotopic (exact) mass is 372 g/mol. The summed E-state index contributed by atoms with van der Waals surface area (Å²) in [5, 5.41) is 20.0. The Morgan fingerprint density at radius 3 is 2.67 bits per heavy atom. The Morgan fingerprint density at radius 2 is 2.12 bits per heavy atom. The molecule has 4 atom stereocenters. The highest BCUT2D eigenvalue weighted by Gasteiger charge is 2.39. The second-order valence-corrected chi connectivity index (χ2v) is 7.15. The summed E-state index contributed by atoms with van der Waals surface area (Å²) >= 11 is 8.79. The number of likely N-dealkylation sites (tertiary alicyclic amines) is 1. The molecule has 1 aromatic rings. The van der Waals surface area contributed by atoms with E-state index in [2.05, 4.69) is 25.3 Å². The summed E-state index contributed by atoms with van der Waals surface area (Å²) in [6.45, 7) is 2.07. The normalized spacial score (nSPS) is 22.9. The average Bonchev–Trinajstić information content (AvgIpc) is 2.94. The Balaban J connectivity index is 1.96. The Bertz CT molecular complexity index is 596. The van der Waals surface area contributed by atoms with Gasteiger partial charge in [-0.1, -0.05) is 0 Å². The van der Waals surface area contributed by atoms with E-state index in [1.165, 1.54) is 17.0 Å². The predicted octanol–water partition coefficient (Wildman–Crippen LogP) is 2.28. The summed E-state index contributed by atoms with van der Waals surface area (Å²) in [6, 6.07) is 5.57. The molecule has 132 valence electrons. The number of hydrogen-bond donors (Lipinski definition) is 3. The van der Waals surface area contributed by atoms with E-state index in [9.17, 15) is 20.0 Å². The number of hydrogen-bond acceptors (Lipinski definition) is 7. The summed E-state index contributed by atoms with van der Waals surface area (Å²) in [5.74, 6) is 0. The van der Waals surface area contributed by atoms with E-state index in [-0.39, 0.29) is 28.8 Å². The predicted molar refractivity (Wildman–Crippen MR) is 95.6 cm³/mol. The maximum Gasteiger partial charge on any atom is 0.410 e. The van der Waals surface area contributed by atoms with Gasteiger partial charge in [0.05, 0.1) is 17.1 Å². The SMILES string of the molecule is CC(O)C(S)[C@@H]1C[C@H](S)CN1C(=O)OCc1ccc([N+](=O)[O-])cc1. The van der Waals surface area contributed by atoms with Crippen molar-refractivity contribution in [2.45, 2.75) is 42.6 Å². The fourth-order valence-corrected chi connectivity index (χ4v) is 3.31. The zero-order valence-electron chi connectivity index (χ0n) is 13.1. The number of amides is 1. The lowest BCUT2D eigenvalue weighted by atomic mass is 10.1. The first-order valence-corrected chi connectivity index (χ1v) is 8.53. The number of nitrogens with zero attached hydrogens (tertiary/aromatic N) is 2. The third-order valence-corrected chi connectivity index (χ3v) is 5.10. The lowest BCUT2D eigenvalue weighted by Gasteiger charge is -2.29. The number of rotatable bonds is 5. The number of carbonyl (C=O) groups is 1. The highest BCUT2D eigenvalue weighted by molar-refractivity contribution is 7.81. The molecule has 2 rings (SSSR count). The molecule has 0 radical (unpaired) electrons. The van der Waals surface area contributed by atoms with Crippen LogP contribution < -0.4 is 0 Å². The molecule has 1 aromatic carbocycles. The van der Waals surface area contributed by atoms with E-state index < -0.39 is 17.1 Å². The van der Waals surface area contributed by atoms with Crippen LogP contribution in [-0.4, -0.2) is 50.2 Å². The molecule has 24 heavy (non-hydrogen) atoms. The molecule has 0 saturated carbocycles. The van der Waals surface area contributed by atoms with Crippen molar-refractivity contribution in [2.24, 2.45) is 0 Å². The molecule has 1 fully saturated rings. The van der Waals surface area contributed by atoms with Gasteiger partial charge in [0.25, 0.3) is 5.69 Å². The van der Waals surface area contributed by atoms with E-state index in [1.54, 1.807) is 19.1 Å². The molecule has 9 heteroatoms. The van der Waals surface area contributed by atoms with Crippen LogP contribution in [0, 0.1) is 10.1 Å². The maximum absolute atomic E-state index is 12.3. The fraction of sp³-hybridized carbons (Fsp3) is 0.533. The molecule has 1 N–H and O–H groups in total. The van der Waals surface area contributed by atoms with Crippen molar-refractivity contribution >= 4 is 37.0 Å². The van der Waals surface area contributed by atoms with Crippen LogP contribution in [0.25, 0.3) is 0 Å². The van der Waals surface area contributed by atoms with Crippen molar-refractivity contribution in [3.63, 3.8) is 0 Å². The first kappa shape index (κ1) is 18.9. The standard InChI is InChI=1S/C15H20N2O5S2/c1-9(18)14(24)13-6-12(23)7-16(13)15(19)22-8-10-2-4-11(5-3-10)17(20)21/h2-5,9,12-14,18,23-24H,6-8H2,1H3/t9?,12-,13-,14?/m0/s1. The topological polar surface area (TPSA) is 92.9 Å². The number of benzene rings is 1. The number of carbonyl (C=O) groups excluding carboxylic acids is 1. The smallest absolute Gasteiger partial charge is 0.410 e. The fourth-order valence-electron chi connectivity index (χ4n) is 2.64. The van der Waals surface area contributed by atoms with Gasteiger partial charge in [0.2, 0.25) is 0 Å². The van der Waals surface area contributed by atoms with E-state index in [1.807, 2.05) is 0 Å². The summed E-state index contributed by atoms with van der Waals surface area (Å²) in [4.78, 5) is 24.0. The molecule has 2 unspecified atom stereocenters. The first-order chi connectivity index (χ1) is 11.3. The van der Waals surface area contributed by atoms with Gasteiger partial charge in [0.1, 0.15) is 6.61 Å². The molecular formula is C15H20N2O5S2. The van der Waals surface area contributed by atoms with E-state index in [0.717, 1.165) is 0 Å². The number of nitro benzene ring substituents is 1. The largest absolute Gasteiger partial charge is 0.445 e. The maximum atomic E-state index is 12.3. The van der Waals surface area contributed by atoms with Gasteiger partial charge in [0.15, 0.2) is 0 Å². The lowest BCUT2D eigenvalue weighted by Crippen LogP contribution is -2.44. The highest BCUT2D eigenvalue weighted by Crippen LogP contribution is 2.29. The molecule has 1 saturated heterocycles. The van der Waals surface area contributed by atoms with Crippen molar-refractivity contribution in [1.82, 2.24) is 4.90 Å². The second-order valence-electron chi connectivity index (χ2n) is 5.82. The van der Waals surface area contributed by atoms with E-state index in [0.29, 0.717) is 18.5 Å². The molecule has 7 nitrogen and oxygen atoms in total. The van der Waals surface area contributed by atoms with Gasteiger partial charge in [-0.3, -0.25) is 10.1 Å². The third kappa shape index (κ3) is 4.55. The van der Waals surface area contributed by atoms with Crippen LogP contribution >= 0.6 is 25.3 Å². The Labute approximate surface area is 151 Å². The first-order valence-electron chi connectivity index (χ1n) is 7.50. The van der Waals surface area contributed by atoms with Gasteiger partial charge in [-0.15, -0.1) is 0 Å². The van der Waals surface area contributed by atoms with Crippen LogP contribution in [0.4, 0.5) is 10.5 Å². The summed E-state index contributed by atoms with van der Waals surface area (Å²) in [6.07, 6.45) is -0.536. The minimum Gasteiger partial charge on any atom is -0.445 e. The van der Waals surface area contributed by atoms with Crippen LogP contribution in [0.1, 0.15) is 18.9 Å². The van der Waals surface area contributed by atoms with Crippen molar-refractivity contribution in [2.75, 3.05) is 6.54 Å². The molecule has 0 aliphatic carbocycles. The van der Waals surface area contributed by atoms with Crippen LogP contribution in [0.5, 0.6) is 0 Å². The van der Waals surface area contributed by atoms with Gasteiger partial charge in [-0.2, -0.15) is 25.3 Å². The third-order valence-electron chi connectivity index (χ3n) is 3.95. The van der Waals surface area contributed by atoms with E-state index in [4.69, 9.17) is 4.74 Å². The highest BCUT2D eigenvalue weighted by atomic mass is 32.1. The van der Waals surface area contributed by atoms with Gasteiger partial charge in [-0.25, -0.2) is 4.79 Å². The minimum absolute atomic E-state index is 0.00956. The lowest BCUT2D eigenvalue weighted by molar-refractivity contribution is -0.384. The summed E-state index contributed by atoms with van der Waals surface area (Å²) in [5.41, 5.74) is 0.641. The van der Waals surface area contributed by atoms with Gasteiger partial charge in [-0.05, 0) is 31.0 Å². The van der Waals surface area contributed by atoms with Crippen LogP contribution in [-0.2, 0) is 11.3 Å². The van der Waals surface area contributed by atoms with Crippen LogP contribution in [0.3, 0.4) is 0 Å². The average molecular weight is 372 g/mol. The Hall–Kier alpha value is -1.45. The molecule has 1 amide bonds. The van der Waals surface area contributed by atoms with Crippen molar-refractivity contribution in [3.8, 4) is 0 Å². The molecule has 1 aliphatic heterocycles. The molecule has 0 spiro atoms. The van der Waals surface area contributed by atoms with Gasteiger partial charge < -0.3 is 14.7 Å². The number of nitro groups is 1. The van der Waals surface area contributed by atoms with Crippen LogP contribution in [0.15, 0.2) is 24.3 Å². The van der Waals surface area contributed by atoms with Crippen molar-refractivity contribution in [1.29, 1.82) is 0 Å². The Kier molecular flexibility index (Phi) is 6.36. The molecule has 1 heterocycles. The zero-order chi connectivity index (χ0) is 17.9. The number of non-ortho nitro benzene ring substituents is 1. The summed E-state index contributed by atoms with van der Waals surface area (Å²) < 4.78 is 5.29. The zero-order valence-corrected chi connectivity index (χ0v) is 14.9. The Morgan fingerprint density at radius 1 is 1.50 bits per heavy atom.